The number of carbonyl (C=O) groups is 1. The molecular formula is C21H26ClFN2O2. The third-order valence-electron chi connectivity index (χ3n) is 4.47. The van der Waals surface area contributed by atoms with Crippen molar-refractivity contribution >= 4 is 18.3 Å². The summed E-state index contributed by atoms with van der Waals surface area (Å²) in [6, 6.07) is 14.0. The Hall–Kier alpha value is -2.11. The number of ether oxygens (including phenoxy) is 1. The Morgan fingerprint density at radius 3 is 2.78 bits per heavy atom. The maximum Gasteiger partial charge on any atom is 0.227 e. The first-order chi connectivity index (χ1) is 12.5. The number of halogens is 2. The first-order valence-electron chi connectivity index (χ1n) is 9.05. The molecule has 27 heavy (non-hydrogen) atoms. The van der Waals surface area contributed by atoms with Gasteiger partial charge in [0.1, 0.15) is 11.6 Å². The molecular weight excluding hydrogens is 367 g/mol. The Kier molecular flexibility index (Phi) is 7.63. The molecule has 0 saturated carbocycles. The summed E-state index contributed by atoms with van der Waals surface area (Å²) in [7, 11) is 0. The number of hydrogen-bond donors (Lipinski definition) is 1. The normalized spacial score (nSPS) is 16.7. The van der Waals surface area contributed by atoms with Gasteiger partial charge in [-0.3, -0.25) is 4.79 Å². The molecule has 1 amide bonds. The first kappa shape index (κ1) is 21.2. The van der Waals surface area contributed by atoms with Crippen LogP contribution in [0.2, 0.25) is 0 Å². The van der Waals surface area contributed by atoms with Crippen molar-refractivity contribution in [2.45, 2.75) is 32.4 Å². The van der Waals surface area contributed by atoms with Crippen molar-refractivity contribution in [1.29, 1.82) is 0 Å². The largest absolute Gasteiger partial charge is 0.491 e. The van der Waals surface area contributed by atoms with E-state index in [9.17, 15) is 9.18 Å². The van der Waals surface area contributed by atoms with Gasteiger partial charge in [0.15, 0.2) is 0 Å². The molecule has 1 fully saturated rings. The highest BCUT2D eigenvalue weighted by molar-refractivity contribution is 5.85. The summed E-state index contributed by atoms with van der Waals surface area (Å²) >= 11 is 0. The fraction of sp³-hybridized carbons (Fsp3) is 0.381. The molecule has 1 unspecified atom stereocenters. The molecule has 2 aromatic carbocycles. The molecule has 3 rings (SSSR count). The van der Waals surface area contributed by atoms with E-state index in [0.29, 0.717) is 13.1 Å². The van der Waals surface area contributed by atoms with Crippen molar-refractivity contribution < 1.29 is 13.9 Å². The molecule has 0 radical (unpaired) electrons. The van der Waals surface area contributed by atoms with Crippen LogP contribution in [0.15, 0.2) is 48.5 Å². The number of amides is 1. The second-order valence-electron chi connectivity index (χ2n) is 6.81. The summed E-state index contributed by atoms with van der Waals surface area (Å²) in [6.07, 6.45) is 0.319. The van der Waals surface area contributed by atoms with E-state index in [2.05, 4.69) is 5.32 Å². The van der Waals surface area contributed by atoms with E-state index in [1.54, 1.807) is 6.07 Å². The van der Waals surface area contributed by atoms with Crippen LogP contribution in [0.1, 0.15) is 31.0 Å². The minimum atomic E-state index is -0.281. The molecule has 1 aliphatic rings. The van der Waals surface area contributed by atoms with Crippen molar-refractivity contribution in [3.05, 3.63) is 65.5 Å². The third kappa shape index (κ3) is 5.44. The zero-order chi connectivity index (χ0) is 18.5. The number of hydrogen-bond acceptors (Lipinski definition) is 3. The van der Waals surface area contributed by atoms with Gasteiger partial charge in [0.05, 0.1) is 18.6 Å². The van der Waals surface area contributed by atoms with Crippen molar-refractivity contribution in [2.75, 3.05) is 19.6 Å². The average Bonchev–Trinajstić information content (AvgIpc) is 2.63. The highest BCUT2D eigenvalue weighted by atomic mass is 35.5. The summed E-state index contributed by atoms with van der Waals surface area (Å²) in [6.45, 7) is 5.90. The number of nitrogens with one attached hydrogen (secondary N) is 1. The maximum atomic E-state index is 13.6. The third-order valence-corrected chi connectivity index (χ3v) is 4.47. The van der Waals surface area contributed by atoms with Gasteiger partial charge in [-0.25, -0.2) is 4.39 Å². The van der Waals surface area contributed by atoms with Gasteiger partial charge in [-0.2, -0.15) is 0 Å². The van der Waals surface area contributed by atoms with Crippen LogP contribution in [0, 0.1) is 5.82 Å². The number of para-hydroxylation sites is 1. The Bertz CT molecular complexity index is 769. The van der Waals surface area contributed by atoms with Crippen molar-refractivity contribution in [1.82, 2.24) is 10.2 Å². The van der Waals surface area contributed by atoms with Gasteiger partial charge in [0.25, 0.3) is 0 Å². The van der Waals surface area contributed by atoms with Gasteiger partial charge >= 0.3 is 0 Å². The number of piperazine rings is 1. The molecule has 1 heterocycles. The second kappa shape index (κ2) is 9.72. The van der Waals surface area contributed by atoms with Gasteiger partial charge in [0, 0.05) is 25.2 Å². The molecule has 0 aliphatic carbocycles. The van der Waals surface area contributed by atoms with Crippen molar-refractivity contribution in [2.24, 2.45) is 0 Å². The van der Waals surface area contributed by atoms with E-state index >= 15 is 0 Å². The molecule has 2 aromatic rings. The molecule has 1 atom stereocenters. The number of rotatable bonds is 5. The zero-order valence-corrected chi connectivity index (χ0v) is 16.5. The number of carbonyl (C=O) groups excluding carboxylic acids is 1. The van der Waals surface area contributed by atoms with Crippen LogP contribution < -0.4 is 10.1 Å². The number of nitrogens with zero attached hydrogens (tertiary/aromatic N) is 1. The van der Waals surface area contributed by atoms with Gasteiger partial charge < -0.3 is 15.0 Å². The molecule has 146 valence electrons. The van der Waals surface area contributed by atoms with Crippen LogP contribution >= 0.6 is 12.4 Å². The molecule has 0 aromatic heterocycles. The lowest BCUT2D eigenvalue weighted by atomic mass is 10.0. The van der Waals surface area contributed by atoms with Crippen LogP contribution in [-0.2, 0) is 11.2 Å². The van der Waals surface area contributed by atoms with E-state index in [1.165, 1.54) is 12.1 Å². The molecule has 4 nitrogen and oxygen atoms in total. The first-order valence-corrected chi connectivity index (χ1v) is 9.05. The van der Waals surface area contributed by atoms with E-state index in [1.807, 2.05) is 49.1 Å². The lowest BCUT2D eigenvalue weighted by Crippen LogP contribution is -2.49. The standard InChI is InChI=1S/C21H25FN2O2.ClH/c1-15(2)26-20-9-4-3-6-17(20)13-21(25)24-11-10-23-14-19(24)16-7-5-8-18(22)12-16;/h3-9,12,15,19,23H,10-11,13-14H2,1-2H3;1H. The Morgan fingerprint density at radius 2 is 2.04 bits per heavy atom. The topological polar surface area (TPSA) is 41.6 Å². The Morgan fingerprint density at radius 1 is 1.26 bits per heavy atom. The summed E-state index contributed by atoms with van der Waals surface area (Å²) in [5, 5.41) is 3.30. The summed E-state index contributed by atoms with van der Waals surface area (Å²) in [5.74, 6) is 0.491. The summed E-state index contributed by atoms with van der Waals surface area (Å²) in [4.78, 5) is 14.9. The van der Waals surface area contributed by atoms with E-state index in [-0.39, 0.29) is 42.7 Å². The van der Waals surface area contributed by atoms with Crippen LogP contribution in [0.3, 0.4) is 0 Å². The molecule has 1 aliphatic heterocycles. The van der Waals surface area contributed by atoms with Crippen LogP contribution in [-0.4, -0.2) is 36.5 Å². The highest BCUT2D eigenvalue weighted by Gasteiger charge is 2.28. The van der Waals surface area contributed by atoms with Crippen molar-refractivity contribution in [3.63, 3.8) is 0 Å². The fourth-order valence-electron chi connectivity index (χ4n) is 3.30. The van der Waals surface area contributed by atoms with Gasteiger partial charge in [-0.1, -0.05) is 30.3 Å². The molecule has 1 N–H and O–H groups in total. The number of benzene rings is 2. The van der Waals surface area contributed by atoms with Crippen LogP contribution in [0.4, 0.5) is 4.39 Å². The summed E-state index contributed by atoms with van der Waals surface area (Å²) < 4.78 is 19.5. The molecule has 0 spiro atoms. The van der Waals surface area contributed by atoms with Crippen LogP contribution in [0.25, 0.3) is 0 Å². The summed E-state index contributed by atoms with van der Waals surface area (Å²) in [5.41, 5.74) is 1.69. The van der Waals surface area contributed by atoms with Crippen molar-refractivity contribution in [3.8, 4) is 5.75 Å². The Balaban J connectivity index is 0.00000261. The monoisotopic (exact) mass is 392 g/mol. The smallest absolute Gasteiger partial charge is 0.227 e. The average molecular weight is 393 g/mol. The van der Waals surface area contributed by atoms with Gasteiger partial charge in [0.2, 0.25) is 5.91 Å². The Labute approximate surface area is 166 Å². The van der Waals surface area contributed by atoms with E-state index in [0.717, 1.165) is 23.4 Å². The second-order valence-corrected chi connectivity index (χ2v) is 6.81. The maximum absolute atomic E-state index is 13.6. The highest BCUT2D eigenvalue weighted by Crippen LogP contribution is 2.26. The lowest BCUT2D eigenvalue weighted by Gasteiger charge is -2.37. The van der Waals surface area contributed by atoms with E-state index < -0.39 is 0 Å². The minimum Gasteiger partial charge on any atom is -0.491 e. The quantitative estimate of drug-likeness (QED) is 0.842. The fourth-order valence-corrected chi connectivity index (χ4v) is 3.30. The van der Waals surface area contributed by atoms with Crippen LogP contribution in [0.5, 0.6) is 5.75 Å². The predicted octanol–water partition coefficient (Wildman–Crippen LogP) is 3.75. The lowest BCUT2D eigenvalue weighted by molar-refractivity contribution is -0.133. The van der Waals surface area contributed by atoms with Gasteiger partial charge in [-0.15, -0.1) is 12.4 Å². The minimum absolute atomic E-state index is 0. The molecule has 6 heteroatoms. The molecule has 0 bridgehead atoms. The molecule has 1 saturated heterocycles. The van der Waals surface area contributed by atoms with E-state index in [4.69, 9.17) is 4.74 Å². The SMILES string of the molecule is CC(C)Oc1ccccc1CC(=O)N1CCNCC1c1cccc(F)c1.Cl. The zero-order valence-electron chi connectivity index (χ0n) is 15.7. The van der Waals surface area contributed by atoms with Gasteiger partial charge in [-0.05, 0) is 37.6 Å². The predicted molar refractivity (Wildman–Crippen MR) is 107 cm³/mol.